The maximum Gasteiger partial charge on any atom is 0.262 e. The number of piperazine rings is 1. The van der Waals surface area contributed by atoms with Gasteiger partial charge in [0.2, 0.25) is 11.8 Å². The van der Waals surface area contributed by atoms with E-state index in [1.807, 2.05) is 4.90 Å². The van der Waals surface area contributed by atoms with Crippen molar-refractivity contribution in [3.8, 4) is 0 Å². The average molecular weight is 443 g/mol. The Morgan fingerprint density at radius 2 is 1.71 bits per heavy atom. The van der Waals surface area contributed by atoms with Gasteiger partial charge in [-0.25, -0.2) is 13.2 Å². The number of halogens is 5. The molecule has 0 radical (unpaired) electrons. The molecule has 0 aromatic heterocycles. The zero-order valence-electron chi connectivity index (χ0n) is 15.0. The molecule has 2 N–H and O–H groups in total. The summed E-state index contributed by atoms with van der Waals surface area (Å²) in [6.07, 6.45) is -0.466. The van der Waals surface area contributed by atoms with Crippen molar-refractivity contribution < 1.29 is 22.8 Å². The van der Waals surface area contributed by atoms with Crippen LogP contribution in [0.5, 0.6) is 0 Å². The van der Waals surface area contributed by atoms with Gasteiger partial charge in [0, 0.05) is 38.3 Å². The minimum absolute atomic E-state index is 0. The van der Waals surface area contributed by atoms with E-state index in [2.05, 4.69) is 10.6 Å². The minimum atomic E-state index is -2.83. The quantitative estimate of drug-likeness (QED) is 0.745. The van der Waals surface area contributed by atoms with E-state index in [0.717, 1.165) is 0 Å². The van der Waals surface area contributed by atoms with Gasteiger partial charge in [-0.2, -0.15) is 0 Å². The third kappa shape index (κ3) is 6.51. The summed E-state index contributed by atoms with van der Waals surface area (Å²) in [4.78, 5) is 27.8. The Labute approximate surface area is 173 Å². The topological polar surface area (TPSA) is 64.7 Å². The summed E-state index contributed by atoms with van der Waals surface area (Å²) in [5, 5.41) is 5.26. The van der Waals surface area contributed by atoms with Crippen LogP contribution in [0, 0.1) is 5.82 Å². The molecule has 0 aliphatic carbocycles. The van der Waals surface area contributed by atoms with Crippen molar-refractivity contribution in [2.75, 3.05) is 44.6 Å². The largest absolute Gasteiger partial charge is 0.339 e. The Hall–Kier alpha value is -1.55. The van der Waals surface area contributed by atoms with Gasteiger partial charge in [-0.3, -0.25) is 19.8 Å². The van der Waals surface area contributed by atoms with E-state index in [0.29, 0.717) is 31.9 Å². The van der Waals surface area contributed by atoms with Gasteiger partial charge in [-0.15, -0.1) is 24.8 Å². The second-order valence-corrected chi connectivity index (χ2v) is 6.65. The molecule has 2 amide bonds. The molecule has 11 heteroatoms. The summed E-state index contributed by atoms with van der Waals surface area (Å²) in [6.45, 7) is 1.46. The molecule has 3 rings (SSSR count). The van der Waals surface area contributed by atoms with Gasteiger partial charge in [-0.05, 0) is 24.3 Å². The van der Waals surface area contributed by atoms with Crippen LogP contribution in [0.3, 0.4) is 0 Å². The molecule has 1 aromatic rings. The SMILES string of the molecule is Cl.Cl.O=C(CN1CCN(C(=O)C2CC(F)(F)CN2)CC1)Nc1ccc(F)cc1. The summed E-state index contributed by atoms with van der Waals surface area (Å²) in [6, 6.07) is 4.65. The number of carbonyl (C=O) groups excluding carboxylic acids is 2. The maximum absolute atomic E-state index is 13.2. The van der Waals surface area contributed by atoms with E-state index in [-0.39, 0.29) is 49.0 Å². The summed E-state index contributed by atoms with van der Waals surface area (Å²) in [5.41, 5.74) is 0.512. The first-order chi connectivity index (χ1) is 12.3. The maximum atomic E-state index is 13.2. The Kier molecular flexibility index (Phi) is 9.00. The normalized spacial score (nSPS) is 21.4. The van der Waals surface area contributed by atoms with E-state index >= 15 is 0 Å². The van der Waals surface area contributed by atoms with Crippen LogP contribution < -0.4 is 10.6 Å². The van der Waals surface area contributed by atoms with E-state index in [9.17, 15) is 22.8 Å². The molecule has 6 nitrogen and oxygen atoms in total. The zero-order chi connectivity index (χ0) is 18.7. The van der Waals surface area contributed by atoms with Gasteiger partial charge in [0.25, 0.3) is 5.92 Å². The molecular formula is C17H23Cl2F3N4O2. The lowest BCUT2D eigenvalue weighted by Crippen LogP contribution is -2.54. The van der Waals surface area contributed by atoms with Crippen LogP contribution >= 0.6 is 24.8 Å². The van der Waals surface area contributed by atoms with Crippen molar-refractivity contribution in [2.24, 2.45) is 0 Å². The summed E-state index contributed by atoms with van der Waals surface area (Å²) >= 11 is 0. The highest BCUT2D eigenvalue weighted by Crippen LogP contribution is 2.26. The number of nitrogens with one attached hydrogen (secondary N) is 2. The number of amides is 2. The highest BCUT2D eigenvalue weighted by molar-refractivity contribution is 5.92. The first kappa shape index (κ1) is 24.5. The van der Waals surface area contributed by atoms with Crippen LogP contribution in [0.4, 0.5) is 18.9 Å². The molecule has 2 aliphatic rings. The third-order valence-corrected chi connectivity index (χ3v) is 4.59. The predicted octanol–water partition coefficient (Wildman–Crippen LogP) is 1.75. The van der Waals surface area contributed by atoms with Crippen molar-refractivity contribution >= 4 is 42.3 Å². The number of carbonyl (C=O) groups is 2. The first-order valence-corrected chi connectivity index (χ1v) is 8.50. The molecule has 0 saturated carbocycles. The van der Waals surface area contributed by atoms with Crippen LogP contribution in [0.2, 0.25) is 0 Å². The zero-order valence-corrected chi connectivity index (χ0v) is 16.6. The number of nitrogens with zero attached hydrogens (tertiary/aromatic N) is 2. The molecule has 158 valence electrons. The second kappa shape index (κ2) is 10.3. The second-order valence-electron chi connectivity index (χ2n) is 6.65. The number of rotatable bonds is 4. The first-order valence-electron chi connectivity index (χ1n) is 8.50. The van der Waals surface area contributed by atoms with E-state index < -0.39 is 24.9 Å². The molecule has 2 heterocycles. The van der Waals surface area contributed by atoms with Gasteiger partial charge in [0.1, 0.15) is 5.82 Å². The van der Waals surface area contributed by atoms with Gasteiger partial charge in [0.15, 0.2) is 0 Å². The van der Waals surface area contributed by atoms with Crippen molar-refractivity contribution in [3.05, 3.63) is 30.1 Å². The Balaban J connectivity index is 0.00000196. The number of hydrogen-bond acceptors (Lipinski definition) is 4. The molecule has 28 heavy (non-hydrogen) atoms. The fourth-order valence-electron chi connectivity index (χ4n) is 3.17. The lowest BCUT2D eigenvalue weighted by atomic mass is 10.1. The molecular weight excluding hydrogens is 420 g/mol. The van der Waals surface area contributed by atoms with Crippen molar-refractivity contribution in [2.45, 2.75) is 18.4 Å². The molecule has 1 aromatic carbocycles. The smallest absolute Gasteiger partial charge is 0.262 e. The highest BCUT2D eigenvalue weighted by atomic mass is 35.5. The molecule has 2 aliphatic heterocycles. The Morgan fingerprint density at radius 1 is 1.11 bits per heavy atom. The van der Waals surface area contributed by atoms with Crippen molar-refractivity contribution in [1.29, 1.82) is 0 Å². The Bertz CT molecular complexity index is 671. The number of alkyl halides is 2. The lowest BCUT2D eigenvalue weighted by molar-refractivity contribution is -0.135. The standard InChI is InChI=1S/C17H21F3N4O2.2ClH/c18-12-1-3-13(4-2-12)22-15(25)10-23-5-7-24(8-6-23)16(26)14-9-17(19,20)11-21-14;;/h1-4,14,21H,5-11H2,(H,22,25);2*1H. The van der Waals surface area contributed by atoms with Gasteiger partial charge < -0.3 is 10.2 Å². The molecule has 2 fully saturated rings. The number of hydrogen-bond donors (Lipinski definition) is 2. The molecule has 2 saturated heterocycles. The monoisotopic (exact) mass is 442 g/mol. The minimum Gasteiger partial charge on any atom is -0.339 e. The van der Waals surface area contributed by atoms with E-state index in [4.69, 9.17) is 0 Å². The molecule has 1 atom stereocenters. The van der Waals surface area contributed by atoms with Crippen LogP contribution in [-0.2, 0) is 9.59 Å². The molecule has 1 unspecified atom stereocenters. The van der Waals surface area contributed by atoms with Crippen molar-refractivity contribution in [3.63, 3.8) is 0 Å². The summed E-state index contributed by atoms with van der Waals surface area (Å²) in [5.74, 6) is -3.75. The average Bonchev–Trinajstić information content (AvgIpc) is 2.97. The van der Waals surface area contributed by atoms with E-state index in [1.165, 1.54) is 24.3 Å². The molecule has 0 bridgehead atoms. The van der Waals surface area contributed by atoms with Crippen LogP contribution in [0.1, 0.15) is 6.42 Å². The predicted molar refractivity (Wildman–Crippen MR) is 104 cm³/mol. The fourth-order valence-corrected chi connectivity index (χ4v) is 3.17. The van der Waals surface area contributed by atoms with Crippen LogP contribution in [0.25, 0.3) is 0 Å². The lowest BCUT2D eigenvalue weighted by Gasteiger charge is -2.35. The van der Waals surface area contributed by atoms with E-state index in [1.54, 1.807) is 4.90 Å². The van der Waals surface area contributed by atoms with Gasteiger partial charge in [0.05, 0.1) is 19.1 Å². The Morgan fingerprint density at radius 3 is 2.25 bits per heavy atom. The third-order valence-electron chi connectivity index (χ3n) is 4.59. The summed E-state index contributed by atoms with van der Waals surface area (Å²) in [7, 11) is 0. The summed E-state index contributed by atoms with van der Waals surface area (Å²) < 4.78 is 39.3. The van der Waals surface area contributed by atoms with Gasteiger partial charge >= 0.3 is 0 Å². The van der Waals surface area contributed by atoms with Crippen LogP contribution in [-0.4, -0.2) is 72.8 Å². The van der Waals surface area contributed by atoms with Crippen LogP contribution in [0.15, 0.2) is 24.3 Å². The van der Waals surface area contributed by atoms with Crippen molar-refractivity contribution in [1.82, 2.24) is 15.1 Å². The molecule has 0 spiro atoms. The highest BCUT2D eigenvalue weighted by Gasteiger charge is 2.43. The fraction of sp³-hybridized carbons (Fsp3) is 0.529. The number of benzene rings is 1. The van der Waals surface area contributed by atoms with Gasteiger partial charge in [-0.1, -0.05) is 0 Å². The number of anilines is 1.